The highest BCUT2D eigenvalue weighted by Crippen LogP contribution is 2.53. The summed E-state index contributed by atoms with van der Waals surface area (Å²) in [6, 6.07) is 52.0. The zero-order valence-corrected chi connectivity index (χ0v) is 26.2. The second-order valence-corrected chi connectivity index (χ2v) is 13.3. The van der Waals surface area contributed by atoms with Crippen molar-refractivity contribution in [3.63, 3.8) is 0 Å². The number of para-hydroxylation sites is 3. The van der Waals surface area contributed by atoms with Gasteiger partial charge in [0, 0.05) is 27.9 Å². The van der Waals surface area contributed by atoms with Gasteiger partial charge in [0.25, 0.3) is 6.71 Å². The Morgan fingerprint density at radius 3 is 1.91 bits per heavy atom. The molecule has 3 aliphatic rings. The maximum Gasteiger partial charge on any atom is 0.260 e. The highest BCUT2D eigenvalue weighted by Gasteiger charge is 2.44. The maximum absolute atomic E-state index is 6.68. The summed E-state index contributed by atoms with van der Waals surface area (Å²) in [5.41, 5.74) is 12.0. The van der Waals surface area contributed by atoms with Crippen molar-refractivity contribution in [2.45, 2.75) is 19.3 Å². The van der Waals surface area contributed by atoms with Gasteiger partial charge in [-0.05, 0) is 105 Å². The van der Waals surface area contributed by atoms with Gasteiger partial charge in [0.05, 0.1) is 0 Å². The van der Waals surface area contributed by atoms with Crippen LogP contribution in [0.2, 0.25) is 0 Å². The molecule has 7 aromatic rings. The summed E-state index contributed by atoms with van der Waals surface area (Å²) in [5.74, 6) is 3.59. The highest BCUT2D eigenvalue weighted by molar-refractivity contribution is 6.98. The maximum atomic E-state index is 6.68. The molecule has 0 saturated heterocycles. The molecule has 0 N–H and O–H groups in total. The number of benzene rings is 7. The average Bonchev–Trinajstić information content (AvgIpc) is 3.33. The van der Waals surface area contributed by atoms with Crippen LogP contribution in [0.3, 0.4) is 0 Å². The minimum atomic E-state index is -0.205. The molecular formula is C43H30BNO2. The number of rotatable bonds is 3. The lowest BCUT2D eigenvalue weighted by molar-refractivity contribution is 0.464. The van der Waals surface area contributed by atoms with Gasteiger partial charge >= 0.3 is 0 Å². The standard InChI is InChI=1S/C43H30BNO2/c1-43(2)34-26-36-40(47-39-19-11-18-38-42(39)44(36)35-16-9-10-17-37(35)46-38)25-33(34)32-22-20-27-24-30(21-23-31(27)41(32)43)45(28-12-5-3-6-13-28)29-14-7-4-8-15-29/h3-26H,1-2H3. The molecule has 0 fully saturated rings. The molecule has 10 rings (SSSR count). The Hall–Kier alpha value is -5.74. The molecule has 4 heteroatoms. The predicted octanol–water partition coefficient (Wildman–Crippen LogP) is 9.34. The molecular weight excluding hydrogens is 573 g/mol. The van der Waals surface area contributed by atoms with E-state index < -0.39 is 0 Å². The molecule has 0 aromatic heterocycles. The van der Waals surface area contributed by atoms with Crippen molar-refractivity contribution in [2.75, 3.05) is 4.90 Å². The van der Waals surface area contributed by atoms with Gasteiger partial charge in [-0.2, -0.15) is 0 Å². The van der Waals surface area contributed by atoms with Crippen LogP contribution in [0, 0.1) is 0 Å². The van der Waals surface area contributed by atoms with E-state index in [2.05, 4.69) is 152 Å². The first-order valence-electron chi connectivity index (χ1n) is 16.3. The Morgan fingerprint density at radius 1 is 0.511 bits per heavy atom. The van der Waals surface area contributed by atoms with E-state index in [1.54, 1.807) is 0 Å². The number of ether oxygens (including phenoxy) is 2. The normalized spacial score (nSPS) is 14.2. The smallest absolute Gasteiger partial charge is 0.260 e. The molecule has 0 saturated carbocycles. The summed E-state index contributed by atoms with van der Waals surface area (Å²) in [7, 11) is 0. The lowest BCUT2D eigenvalue weighted by atomic mass is 9.34. The summed E-state index contributed by atoms with van der Waals surface area (Å²) < 4.78 is 13.0. The number of hydrogen-bond donors (Lipinski definition) is 0. The van der Waals surface area contributed by atoms with Crippen molar-refractivity contribution in [1.82, 2.24) is 0 Å². The van der Waals surface area contributed by atoms with E-state index in [1.165, 1.54) is 44.0 Å². The molecule has 0 bridgehead atoms. The van der Waals surface area contributed by atoms with Gasteiger partial charge in [-0.15, -0.1) is 0 Å². The first-order valence-corrected chi connectivity index (χ1v) is 16.3. The molecule has 47 heavy (non-hydrogen) atoms. The number of anilines is 3. The van der Waals surface area contributed by atoms with Gasteiger partial charge in [0.2, 0.25) is 0 Å². The summed E-state index contributed by atoms with van der Waals surface area (Å²) >= 11 is 0. The van der Waals surface area contributed by atoms with Crippen LogP contribution in [0.1, 0.15) is 25.0 Å². The van der Waals surface area contributed by atoms with E-state index in [9.17, 15) is 0 Å². The average molecular weight is 604 g/mol. The zero-order valence-electron chi connectivity index (χ0n) is 26.2. The van der Waals surface area contributed by atoms with Crippen LogP contribution in [0.25, 0.3) is 21.9 Å². The van der Waals surface area contributed by atoms with E-state index >= 15 is 0 Å². The minimum Gasteiger partial charge on any atom is -0.458 e. The monoisotopic (exact) mass is 603 g/mol. The van der Waals surface area contributed by atoms with Crippen molar-refractivity contribution >= 4 is 50.9 Å². The number of fused-ring (bicyclic) bond motifs is 9. The van der Waals surface area contributed by atoms with E-state index in [1.807, 2.05) is 12.1 Å². The molecule has 2 heterocycles. The molecule has 0 atom stereocenters. The van der Waals surface area contributed by atoms with Crippen molar-refractivity contribution in [3.8, 4) is 34.1 Å². The fourth-order valence-corrected chi connectivity index (χ4v) is 8.25. The fraction of sp³-hybridized carbons (Fsp3) is 0.0698. The van der Waals surface area contributed by atoms with Gasteiger partial charge in [-0.1, -0.05) is 98.8 Å². The third kappa shape index (κ3) is 3.76. The number of nitrogens with zero attached hydrogens (tertiary/aromatic N) is 1. The number of hydrogen-bond acceptors (Lipinski definition) is 3. The van der Waals surface area contributed by atoms with Crippen LogP contribution >= 0.6 is 0 Å². The lowest BCUT2D eigenvalue weighted by Crippen LogP contribution is -2.57. The molecule has 0 spiro atoms. The van der Waals surface area contributed by atoms with Gasteiger partial charge < -0.3 is 14.4 Å². The Labute approximate surface area is 274 Å². The SMILES string of the molecule is CC1(C)c2cc3c(cc2-c2ccc4cc(N(c5ccccc5)c5ccccc5)ccc4c21)Oc1cccc2c1B3c1ccccc1O2. The van der Waals surface area contributed by atoms with Crippen molar-refractivity contribution in [2.24, 2.45) is 0 Å². The molecule has 0 unspecified atom stereocenters. The Bertz CT molecular complexity index is 2360. The van der Waals surface area contributed by atoms with Crippen LogP contribution in [0.4, 0.5) is 17.1 Å². The zero-order chi connectivity index (χ0) is 31.3. The first-order chi connectivity index (χ1) is 23.1. The van der Waals surface area contributed by atoms with Gasteiger partial charge in [0.15, 0.2) is 0 Å². The van der Waals surface area contributed by atoms with E-state index in [-0.39, 0.29) is 12.1 Å². The van der Waals surface area contributed by atoms with Crippen molar-refractivity contribution in [3.05, 3.63) is 157 Å². The third-order valence-corrected chi connectivity index (χ3v) is 10.3. The third-order valence-electron chi connectivity index (χ3n) is 10.3. The molecule has 222 valence electrons. The quantitative estimate of drug-likeness (QED) is 0.188. The predicted molar refractivity (Wildman–Crippen MR) is 194 cm³/mol. The highest BCUT2D eigenvalue weighted by atomic mass is 16.5. The van der Waals surface area contributed by atoms with E-state index in [0.29, 0.717) is 0 Å². The summed E-state index contributed by atoms with van der Waals surface area (Å²) in [6.45, 7) is 4.80. The summed E-state index contributed by atoms with van der Waals surface area (Å²) in [5, 5.41) is 2.52. The second kappa shape index (κ2) is 9.64. The Morgan fingerprint density at radius 2 is 1.17 bits per heavy atom. The fourth-order valence-electron chi connectivity index (χ4n) is 8.25. The first kappa shape index (κ1) is 26.5. The van der Waals surface area contributed by atoms with Crippen LogP contribution in [-0.2, 0) is 5.41 Å². The minimum absolute atomic E-state index is 0.0565. The van der Waals surface area contributed by atoms with Crippen LogP contribution in [0.15, 0.2) is 146 Å². The van der Waals surface area contributed by atoms with Gasteiger partial charge in [0.1, 0.15) is 23.0 Å². The topological polar surface area (TPSA) is 21.7 Å². The van der Waals surface area contributed by atoms with E-state index in [4.69, 9.17) is 9.47 Å². The molecule has 2 aliphatic heterocycles. The molecule has 7 aromatic carbocycles. The Kier molecular flexibility index (Phi) is 5.43. The Balaban J connectivity index is 1.13. The van der Waals surface area contributed by atoms with Crippen LogP contribution in [0.5, 0.6) is 23.0 Å². The van der Waals surface area contributed by atoms with E-state index in [0.717, 1.165) is 45.5 Å². The molecule has 3 nitrogen and oxygen atoms in total. The molecule has 0 radical (unpaired) electrons. The van der Waals surface area contributed by atoms with Crippen LogP contribution < -0.4 is 30.8 Å². The summed E-state index contributed by atoms with van der Waals surface area (Å²) in [4.78, 5) is 2.33. The van der Waals surface area contributed by atoms with Crippen molar-refractivity contribution < 1.29 is 9.47 Å². The van der Waals surface area contributed by atoms with Crippen LogP contribution in [-0.4, -0.2) is 6.71 Å². The van der Waals surface area contributed by atoms with Gasteiger partial charge in [-0.25, -0.2) is 0 Å². The summed E-state index contributed by atoms with van der Waals surface area (Å²) in [6.07, 6.45) is 0. The molecule has 1 aliphatic carbocycles. The van der Waals surface area contributed by atoms with Crippen molar-refractivity contribution in [1.29, 1.82) is 0 Å². The second-order valence-electron chi connectivity index (χ2n) is 13.3. The lowest BCUT2D eigenvalue weighted by Gasteiger charge is -2.33. The van der Waals surface area contributed by atoms with Gasteiger partial charge in [-0.3, -0.25) is 0 Å². The largest absolute Gasteiger partial charge is 0.458 e. The molecule has 0 amide bonds.